The molecule has 0 saturated heterocycles. The van der Waals surface area contributed by atoms with E-state index < -0.39 is 10.8 Å². The quantitative estimate of drug-likeness (QED) is 0.671. The van der Waals surface area contributed by atoms with Gasteiger partial charge in [-0.2, -0.15) is 0 Å². The van der Waals surface area contributed by atoms with Gasteiger partial charge in [-0.25, -0.2) is 0 Å². The average Bonchev–Trinajstić information content (AvgIpc) is 2.38. The minimum absolute atomic E-state index is 0.00452. The standard InChI is InChI=1S/C13H9ClN2O4/c14-11-5-4-8(6-12(11)16(19)20)13(18)15-9-2-1-3-10(17)7-9/h1-7,17H,(H,15,18). The second-order valence-electron chi connectivity index (χ2n) is 3.93. The van der Waals surface area contributed by atoms with Crippen LogP contribution in [-0.4, -0.2) is 15.9 Å². The molecule has 2 N–H and O–H groups in total. The Morgan fingerprint density at radius 1 is 1.25 bits per heavy atom. The van der Waals surface area contributed by atoms with E-state index in [-0.39, 0.29) is 22.0 Å². The van der Waals surface area contributed by atoms with Crippen molar-refractivity contribution in [1.82, 2.24) is 0 Å². The Bertz CT molecular complexity index is 688. The van der Waals surface area contributed by atoms with Gasteiger partial charge in [0.25, 0.3) is 11.6 Å². The molecule has 0 spiro atoms. The molecule has 0 fully saturated rings. The number of hydrogen-bond acceptors (Lipinski definition) is 4. The monoisotopic (exact) mass is 292 g/mol. The number of phenols is 1. The topological polar surface area (TPSA) is 92.5 Å². The van der Waals surface area contributed by atoms with Crippen molar-refractivity contribution in [3.63, 3.8) is 0 Å². The molecule has 0 atom stereocenters. The molecule has 0 aliphatic rings. The number of rotatable bonds is 3. The first-order valence-electron chi connectivity index (χ1n) is 5.51. The maximum Gasteiger partial charge on any atom is 0.288 e. The average molecular weight is 293 g/mol. The van der Waals surface area contributed by atoms with Crippen molar-refractivity contribution in [2.24, 2.45) is 0 Å². The van der Waals surface area contributed by atoms with E-state index in [2.05, 4.69) is 5.32 Å². The van der Waals surface area contributed by atoms with Gasteiger partial charge in [-0.15, -0.1) is 0 Å². The lowest BCUT2D eigenvalue weighted by molar-refractivity contribution is -0.384. The molecule has 0 saturated carbocycles. The summed E-state index contributed by atoms with van der Waals surface area (Å²) in [5, 5.41) is 22.5. The van der Waals surface area contributed by atoms with Crippen LogP contribution in [-0.2, 0) is 0 Å². The highest BCUT2D eigenvalue weighted by molar-refractivity contribution is 6.32. The van der Waals surface area contributed by atoms with Gasteiger partial charge in [-0.1, -0.05) is 17.7 Å². The van der Waals surface area contributed by atoms with Crippen LogP contribution in [0.15, 0.2) is 42.5 Å². The van der Waals surface area contributed by atoms with Crippen LogP contribution < -0.4 is 5.32 Å². The third kappa shape index (κ3) is 3.04. The van der Waals surface area contributed by atoms with Crippen LogP contribution in [0.3, 0.4) is 0 Å². The molecule has 102 valence electrons. The van der Waals surface area contributed by atoms with Crippen molar-refractivity contribution in [1.29, 1.82) is 0 Å². The van der Waals surface area contributed by atoms with Gasteiger partial charge in [0.05, 0.1) is 4.92 Å². The number of nitro groups is 1. The Balaban J connectivity index is 2.26. The predicted octanol–water partition coefficient (Wildman–Crippen LogP) is 3.21. The van der Waals surface area contributed by atoms with Crippen molar-refractivity contribution in [3.8, 4) is 5.75 Å². The molecule has 0 aliphatic carbocycles. The molecule has 1 amide bonds. The number of carbonyl (C=O) groups excluding carboxylic acids is 1. The van der Waals surface area contributed by atoms with Crippen LogP contribution >= 0.6 is 11.6 Å². The van der Waals surface area contributed by atoms with Gasteiger partial charge in [0.2, 0.25) is 0 Å². The molecule has 0 heterocycles. The number of amides is 1. The SMILES string of the molecule is O=C(Nc1cccc(O)c1)c1ccc(Cl)c([N+](=O)[O-])c1. The zero-order chi connectivity index (χ0) is 14.7. The molecule has 0 unspecified atom stereocenters. The molecular weight excluding hydrogens is 284 g/mol. The van der Waals surface area contributed by atoms with E-state index in [9.17, 15) is 20.0 Å². The number of nitro benzene ring substituents is 1. The zero-order valence-corrected chi connectivity index (χ0v) is 10.8. The van der Waals surface area contributed by atoms with E-state index in [1.165, 1.54) is 24.3 Å². The number of carbonyl (C=O) groups is 1. The van der Waals surface area contributed by atoms with Crippen molar-refractivity contribution in [3.05, 3.63) is 63.2 Å². The summed E-state index contributed by atoms with van der Waals surface area (Å²) in [7, 11) is 0. The molecule has 20 heavy (non-hydrogen) atoms. The molecule has 7 heteroatoms. The first kappa shape index (κ1) is 13.8. The Kier molecular flexibility index (Phi) is 3.86. The normalized spacial score (nSPS) is 10.1. The Hall–Kier alpha value is -2.60. The van der Waals surface area contributed by atoms with Crippen molar-refractivity contribution in [2.45, 2.75) is 0 Å². The smallest absolute Gasteiger partial charge is 0.288 e. The highest BCUT2D eigenvalue weighted by atomic mass is 35.5. The van der Waals surface area contributed by atoms with Crippen molar-refractivity contribution >= 4 is 28.9 Å². The molecule has 2 aromatic carbocycles. The fourth-order valence-electron chi connectivity index (χ4n) is 1.58. The van der Waals surface area contributed by atoms with Crippen LogP contribution in [0.25, 0.3) is 0 Å². The zero-order valence-electron chi connectivity index (χ0n) is 10.0. The number of benzene rings is 2. The van der Waals surface area contributed by atoms with Gasteiger partial charge in [0.15, 0.2) is 0 Å². The number of aromatic hydroxyl groups is 1. The number of nitrogens with zero attached hydrogens (tertiary/aromatic N) is 1. The van der Waals surface area contributed by atoms with E-state index in [4.69, 9.17) is 11.6 Å². The third-order valence-electron chi connectivity index (χ3n) is 2.51. The van der Waals surface area contributed by atoms with Gasteiger partial charge >= 0.3 is 0 Å². The van der Waals surface area contributed by atoms with Gasteiger partial charge in [-0.05, 0) is 24.3 Å². The van der Waals surface area contributed by atoms with E-state index in [1.54, 1.807) is 12.1 Å². The fraction of sp³-hybridized carbons (Fsp3) is 0. The molecule has 6 nitrogen and oxygen atoms in total. The molecule has 0 aliphatic heterocycles. The van der Waals surface area contributed by atoms with Gasteiger partial charge in [0.1, 0.15) is 10.8 Å². The first-order chi connectivity index (χ1) is 9.47. The largest absolute Gasteiger partial charge is 0.508 e. The Labute approximate surface area is 118 Å². The minimum atomic E-state index is -0.659. The van der Waals surface area contributed by atoms with Crippen LogP contribution in [0.1, 0.15) is 10.4 Å². The van der Waals surface area contributed by atoms with Crippen molar-refractivity contribution in [2.75, 3.05) is 5.32 Å². The number of halogens is 1. The highest BCUT2D eigenvalue weighted by Gasteiger charge is 2.16. The lowest BCUT2D eigenvalue weighted by Gasteiger charge is -2.06. The highest BCUT2D eigenvalue weighted by Crippen LogP contribution is 2.25. The number of phenolic OH excluding ortho intramolecular Hbond substituents is 1. The summed E-state index contributed by atoms with van der Waals surface area (Å²) in [4.78, 5) is 22.0. The van der Waals surface area contributed by atoms with E-state index in [0.29, 0.717) is 5.69 Å². The van der Waals surface area contributed by atoms with Crippen LogP contribution in [0.2, 0.25) is 5.02 Å². The van der Waals surface area contributed by atoms with Gasteiger partial charge < -0.3 is 10.4 Å². The molecule has 2 rings (SSSR count). The molecule has 0 aromatic heterocycles. The second kappa shape index (κ2) is 5.58. The molecule has 0 bridgehead atoms. The van der Waals surface area contributed by atoms with Crippen LogP contribution in [0.5, 0.6) is 5.75 Å². The summed E-state index contributed by atoms with van der Waals surface area (Å²) >= 11 is 5.67. The summed E-state index contributed by atoms with van der Waals surface area (Å²) in [6.45, 7) is 0. The molecule has 0 radical (unpaired) electrons. The maximum atomic E-state index is 12.0. The minimum Gasteiger partial charge on any atom is -0.508 e. The van der Waals surface area contributed by atoms with Crippen molar-refractivity contribution < 1.29 is 14.8 Å². The van der Waals surface area contributed by atoms with E-state index in [1.807, 2.05) is 0 Å². The van der Waals surface area contributed by atoms with E-state index >= 15 is 0 Å². The van der Waals surface area contributed by atoms with Gasteiger partial charge in [0, 0.05) is 23.4 Å². The summed E-state index contributed by atoms with van der Waals surface area (Å²) in [6.07, 6.45) is 0. The number of nitrogens with one attached hydrogen (secondary N) is 1. The van der Waals surface area contributed by atoms with Crippen LogP contribution in [0, 0.1) is 10.1 Å². The van der Waals surface area contributed by atoms with Crippen LogP contribution in [0.4, 0.5) is 11.4 Å². The summed E-state index contributed by atoms with van der Waals surface area (Å²) in [5.74, 6) is -0.528. The Morgan fingerprint density at radius 2 is 2.00 bits per heavy atom. The number of hydrogen-bond donors (Lipinski definition) is 2. The number of anilines is 1. The summed E-state index contributed by atoms with van der Waals surface area (Å²) in [6, 6.07) is 9.74. The lowest BCUT2D eigenvalue weighted by atomic mass is 10.2. The summed E-state index contributed by atoms with van der Waals surface area (Å²) in [5.41, 5.74) is 0.146. The Morgan fingerprint density at radius 3 is 2.65 bits per heavy atom. The third-order valence-corrected chi connectivity index (χ3v) is 2.83. The van der Waals surface area contributed by atoms with E-state index in [0.717, 1.165) is 6.07 Å². The predicted molar refractivity (Wildman–Crippen MR) is 74.2 cm³/mol. The lowest BCUT2D eigenvalue weighted by Crippen LogP contribution is -2.12. The molecular formula is C13H9ClN2O4. The van der Waals surface area contributed by atoms with Gasteiger partial charge in [-0.3, -0.25) is 14.9 Å². The second-order valence-corrected chi connectivity index (χ2v) is 4.33. The molecule has 2 aromatic rings. The maximum absolute atomic E-state index is 12.0. The summed E-state index contributed by atoms with van der Waals surface area (Å²) < 4.78 is 0. The first-order valence-corrected chi connectivity index (χ1v) is 5.89. The fourth-order valence-corrected chi connectivity index (χ4v) is 1.77.